The molecule has 0 spiro atoms. The van der Waals surface area contributed by atoms with Gasteiger partial charge in [0, 0.05) is 38.1 Å². The molecule has 2 heterocycles. The molecule has 2 rings (SSSR count). The molecule has 26 heavy (non-hydrogen) atoms. The number of nitrogens with zero attached hydrogens (tertiary/aromatic N) is 3. The molecule has 2 N–H and O–H groups in total. The van der Waals surface area contributed by atoms with E-state index in [0.717, 1.165) is 17.1 Å². The van der Waals surface area contributed by atoms with Crippen LogP contribution in [0.3, 0.4) is 0 Å². The summed E-state index contributed by atoms with van der Waals surface area (Å²) < 4.78 is 12.0. The van der Waals surface area contributed by atoms with Gasteiger partial charge in [-0.15, -0.1) is 5.06 Å². The van der Waals surface area contributed by atoms with E-state index in [0.29, 0.717) is 4.67 Å². The molecule has 0 aliphatic carbocycles. The van der Waals surface area contributed by atoms with Crippen molar-refractivity contribution in [3.8, 4) is 0 Å². The Labute approximate surface area is 147 Å². The van der Waals surface area contributed by atoms with Crippen molar-refractivity contribution >= 4 is 37.3 Å². The van der Waals surface area contributed by atoms with E-state index in [4.69, 9.17) is 0 Å². The fourth-order valence-corrected chi connectivity index (χ4v) is 3.00. The van der Waals surface area contributed by atoms with Crippen LogP contribution < -0.4 is 0 Å². The van der Waals surface area contributed by atoms with Gasteiger partial charge in [0.05, 0.1) is 0 Å². The average Bonchev–Trinajstić information content (AvgIpc) is 3.02. The van der Waals surface area contributed by atoms with Crippen LogP contribution in [0.4, 0.5) is 0 Å². The van der Waals surface area contributed by atoms with E-state index >= 15 is 0 Å². The molecule has 1 fully saturated rings. The number of amides is 4. The number of hydroxylamine groups is 2. The summed E-state index contributed by atoms with van der Waals surface area (Å²) in [6.45, 7) is -1.32. The first-order valence-corrected chi connectivity index (χ1v) is 9.07. The van der Waals surface area contributed by atoms with Crippen LogP contribution in [-0.4, -0.2) is 73.7 Å². The van der Waals surface area contributed by atoms with Crippen LogP contribution in [0, 0.1) is 0 Å². The van der Waals surface area contributed by atoms with Gasteiger partial charge in [0.1, 0.15) is 6.54 Å². The predicted octanol–water partition coefficient (Wildman–Crippen LogP) is -1.70. The molecule has 0 aromatic carbocycles. The van der Waals surface area contributed by atoms with Gasteiger partial charge in [0.2, 0.25) is 0 Å². The predicted molar refractivity (Wildman–Crippen MR) is 81.3 cm³/mol. The lowest BCUT2D eigenvalue weighted by molar-refractivity contribution is -0.197. The van der Waals surface area contributed by atoms with Crippen molar-refractivity contribution in [1.82, 2.24) is 14.6 Å². The molecule has 2 aliphatic heterocycles. The van der Waals surface area contributed by atoms with Crippen LogP contribution in [0.15, 0.2) is 12.2 Å². The van der Waals surface area contributed by atoms with E-state index in [9.17, 15) is 38.3 Å². The number of carbonyl (C=O) groups excluding carboxylic acids is 5. The molecule has 0 atom stereocenters. The minimum absolute atomic E-state index is 0.0148. The number of hydrogen-bond donors (Lipinski definition) is 2. The molecule has 142 valence electrons. The molecular weight excluding hydrogens is 373 g/mol. The molecule has 12 nitrogen and oxygen atoms in total. The minimum Gasteiger partial charge on any atom is -0.329 e. The second kappa shape index (κ2) is 7.87. The molecule has 0 aromatic rings. The molecule has 4 amide bonds. The second-order valence-electron chi connectivity index (χ2n) is 5.46. The molecular formula is C13H16N3O9P. The van der Waals surface area contributed by atoms with Crippen LogP contribution >= 0.6 is 7.75 Å². The van der Waals surface area contributed by atoms with E-state index in [1.807, 2.05) is 0 Å². The summed E-state index contributed by atoms with van der Waals surface area (Å²) in [6, 6.07) is 0. The second-order valence-corrected chi connectivity index (χ2v) is 7.05. The molecule has 0 saturated carbocycles. The zero-order chi connectivity index (χ0) is 19.5. The Morgan fingerprint density at radius 1 is 1.12 bits per heavy atom. The molecule has 13 heteroatoms. The van der Waals surface area contributed by atoms with Gasteiger partial charge in [0.15, 0.2) is 0 Å². The summed E-state index contributed by atoms with van der Waals surface area (Å²) in [7, 11) is -4.86. The van der Waals surface area contributed by atoms with Gasteiger partial charge in [-0.25, -0.2) is 9.36 Å². The number of imide groups is 2. The number of carbonyl (C=O) groups is 5. The molecule has 0 bridgehead atoms. The van der Waals surface area contributed by atoms with Crippen molar-refractivity contribution in [1.29, 1.82) is 0 Å². The van der Waals surface area contributed by atoms with Gasteiger partial charge in [-0.2, -0.15) is 4.67 Å². The summed E-state index contributed by atoms with van der Waals surface area (Å²) in [5, 5.41) is 0.271. The highest BCUT2D eigenvalue weighted by atomic mass is 31.2. The first kappa shape index (κ1) is 19.9. The lowest BCUT2D eigenvalue weighted by Crippen LogP contribution is -2.38. The van der Waals surface area contributed by atoms with Crippen molar-refractivity contribution in [3.05, 3.63) is 12.2 Å². The molecule has 1 saturated heterocycles. The van der Waals surface area contributed by atoms with Crippen LogP contribution in [0.2, 0.25) is 0 Å². The van der Waals surface area contributed by atoms with Crippen molar-refractivity contribution in [2.24, 2.45) is 0 Å². The van der Waals surface area contributed by atoms with E-state index < -0.39 is 43.9 Å². The Morgan fingerprint density at radius 2 is 1.65 bits per heavy atom. The van der Waals surface area contributed by atoms with Crippen molar-refractivity contribution in [3.63, 3.8) is 0 Å². The maximum atomic E-state index is 11.8. The number of rotatable bonds is 8. The maximum absolute atomic E-state index is 11.8. The zero-order valence-electron chi connectivity index (χ0n) is 13.4. The SMILES string of the molecule is O=C(CN(CCCN1C(=O)C=CC1=O)P(=O)(O)O)ON1C(=O)CCC1=O. The highest BCUT2D eigenvalue weighted by Gasteiger charge is 2.35. The first-order chi connectivity index (χ1) is 12.1. The minimum atomic E-state index is -4.86. The Bertz CT molecular complexity index is 694. The van der Waals surface area contributed by atoms with Crippen molar-refractivity contribution in [2.45, 2.75) is 19.3 Å². The Hall–Kier alpha value is -2.40. The van der Waals surface area contributed by atoms with Gasteiger partial charge >= 0.3 is 13.7 Å². The van der Waals surface area contributed by atoms with Gasteiger partial charge in [-0.3, -0.25) is 24.1 Å². The van der Waals surface area contributed by atoms with Gasteiger partial charge < -0.3 is 14.6 Å². The van der Waals surface area contributed by atoms with Crippen LogP contribution in [-0.2, 0) is 33.4 Å². The first-order valence-electron chi connectivity index (χ1n) is 7.50. The van der Waals surface area contributed by atoms with Gasteiger partial charge in [-0.05, 0) is 6.42 Å². The van der Waals surface area contributed by atoms with E-state index in [-0.39, 0.29) is 37.4 Å². The average molecular weight is 389 g/mol. The molecule has 2 aliphatic rings. The molecule has 0 radical (unpaired) electrons. The Kier molecular flexibility index (Phi) is 6.03. The van der Waals surface area contributed by atoms with E-state index in [1.165, 1.54) is 0 Å². The van der Waals surface area contributed by atoms with Crippen LogP contribution in [0.1, 0.15) is 19.3 Å². The van der Waals surface area contributed by atoms with E-state index in [2.05, 4.69) is 4.84 Å². The highest BCUT2D eigenvalue weighted by Crippen LogP contribution is 2.39. The summed E-state index contributed by atoms with van der Waals surface area (Å²) in [5.74, 6) is -3.72. The topological polar surface area (TPSA) is 162 Å². The maximum Gasteiger partial charge on any atom is 0.403 e. The summed E-state index contributed by atoms with van der Waals surface area (Å²) in [6.07, 6.45) is 1.91. The lowest BCUT2D eigenvalue weighted by atomic mass is 10.3. The van der Waals surface area contributed by atoms with Crippen molar-refractivity contribution < 1.29 is 43.2 Å². The van der Waals surface area contributed by atoms with Crippen LogP contribution in [0.25, 0.3) is 0 Å². The number of hydrogen-bond acceptors (Lipinski definition) is 7. The Balaban J connectivity index is 1.89. The monoisotopic (exact) mass is 389 g/mol. The van der Waals surface area contributed by atoms with Gasteiger partial charge in [-0.1, -0.05) is 0 Å². The molecule has 0 unspecified atom stereocenters. The summed E-state index contributed by atoms with van der Waals surface area (Å²) in [5.41, 5.74) is 0. The van der Waals surface area contributed by atoms with Crippen LogP contribution in [0.5, 0.6) is 0 Å². The molecule has 0 aromatic heterocycles. The van der Waals surface area contributed by atoms with Crippen molar-refractivity contribution in [2.75, 3.05) is 19.6 Å². The van der Waals surface area contributed by atoms with E-state index in [1.54, 1.807) is 0 Å². The summed E-state index contributed by atoms with van der Waals surface area (Å²) >= 11 is 0. The third-order valence-corrected chi connectivity index (χ3v) is 4.66. The van der Waals surface area contributed by atoms with Gasteiger partial charge in [0.25, 0.3) is 23.6 Å². The fraction of sp³-hybridized carbons (Fsp3) is 0.462. The standard InChI is InChI=1S/C13H16N3O9P/c17-9-2-3-10(18)15(9)7-1-6-14(26(22,23)24)8-13(21)25-16-11(19)4-5-12(16)20/h2-3H,1,4-8H2,(H2,22,23,24). The summed E-state index contributed by atoms with van der Waals surface area (Å²) in [4.78, 5) is 81.4. The third-order valence-electron chi connectivity index (χ3n) is 3.58. The zero-order valence-corrected chi connectivity index (χ0v) is 14.3. The lowest BCUT2D eigenvalue weighted by Gasteiger charge is -2.23. The highest BCUT2D eigenvalue weighted by molar-refractivity contribution is 7.49. The Morgan fingerprint density at radius 3 is 2.15 bits per heavy atom. The fourth-order valence-electron chi connectivity index (χ4n) is 2.30. The normalized spacial score (nSPS) is 17.8. The smallest absolute Gasteiger partial charge is 0.329 e. The third kappa shape index (κ3) is 4.82. The largest absolute Gasteiger partial charge is 0.403 e. The quantitative estimate of drug-likeness (QED) is 0.361.